The highest BCUT2D eigenvalue weighted by atomic mass is 32.2. The Hall–Kier alpha value is -2.29. The van der Waals surface area contributed by atoms with Gasteiger partial charge in [-0.1, -0.05) is 37.7 Å². The van der Waals surface area contributed by atoms with E-state index >= 15 is 0 Å². The van der Waals surface area contributed by atoms with E-state index in [1.54, 1.807) is 13.4 Å². The molecule has 0 saturated carbocycles. The summed E-state index contributed by atoms with van der Waals surface area (Å²) >= 11 is 1.45. The van der Waals surface area contributed by atoms with Crippen LogP contribution in [0.3, 0.4) is 0 Å². The van der Waals surface area contributed by atoms with E-state index in [1.165, 1.54) is 11.8 Å². The minimum absolute atomic E-state index is 0.0194. The van der Waals surface area contributed by atoms with Gasteiger partial charge < -0.3 is 19.0 Å². The van der Waals surface area contributed by atoms with E-state index < -0.39 is 0 Å². The first-order valence-electron chi connectivity index (χ1n) is 10.3. The molecular weight excluding hydrogens is 400 g/mol. The van der Waals surface area contributed by atoms with Gasteiger partial charge in [0.1, 0.15) is 5.76 Å². The maximum Gasteiger partial charge on any atom is 0.230 e. The van der Waals surface area contributed by atoms with Crippen LogP contribution in [0.2, 0.25) is 0 Å². The van der Waals surface area contributed by atoms with E-state index in [9.17, 15) is 4.79 Å². The minimum Gasteiger partial charge on any atom is -0.468 e. The maximum absolute atomic E-state index is 12.6. The second-order valence-corrected chi connectivity index (χ2v) is 7.82. The number of imidazole rings is 1. The predicted molar refractivity (Wildman–Crippen MR) is 120 cm³/mol. The Balaban J connectivity index is 1.62. The molecule has 8 heteroatoms. The third-order valence-corrected chi connectivity index (χ3v) is 6.06. The van der Waals surface area contributed by atoms with E-state index in [0.717, 1.165) is 35.0 Å². The third-order valence-electron chi connectivity index (χ3n) is 5.09. The lowest BCUT2D eigenvalue weighted by Gasteiger charge is -2.28. The van der Waals surface area contributed by atoms with Crippen LogP contribution >= 0.6 is 11.8 Å². The van der Waals surface area contributed by atoms with Crippen LogP contribution in [0.4, 0.5) is 0 Å². The number of rotatable bonds is 12. The van der Waals surface area contributed by atoms with E-state index in [-0.39, 0.29) is 11.9 Å². The molecule has 0 bridgehead atoms. The Morgan fingerprint density at radius 2 is 2.07 bits per heavy atom. The second kappa shape index (κ2) is 11.2. The first-order valence-corrected chi connectivity index (χ1v) is 11.3. The van der Waals surface area contributed by atoms with Crippen LogP contribution in [-0.2, 0) is 16.1 Å². The molecule has 0 radical (unpaired) electrons. The van der Waals surface area contributed by atoms with Crippen molar-refractivity contribution < 1.29 is 13.9 Å². The van der Waals surface area contributed by atoms with Crippen LogP contribution in [0.1, 0.15) is 25.6 Å². The molecule has 1 amide bonds. The Bertz CT molecular complexity index is 922. The molecule has 1 atom stereocenters. The number of hydrogen-bond acceptors (Lipinski definition) is 6. The maximum atomic E-state index is 12.6. The number of hydrogen-bond donors (Lipinski definition) is 1. The summed E-state index contributed by atoms with van der Waals surface area (Å²) in [5.41, 5.74) is 1.98. The molecule has 0 spiro atoms. The first kappa shape index (κ1) is 22.4. The topological polar surface area (TPSA) is 72.5 Å². The molecule has 1 aromatic carbocycles. The van der Waals surface area contributed by atoms with Crippen molar-refractivity contribution in [3.05, 3.63) is 48.4 Å². The summed E-state index contributed by atoms with van der Waals surface area (Å²) in [6.45, 7) is 7.79. The standard InChI is InChI=1S/C22H30N4O3S/c1-4-25(5-2)19(20-11-8-13-29-20)15-23-21(27)16-30-22-24-17-9-6-7-10-18(17)26(22)12-14-28-3/h6-11,13,19H,4-5,12,14-16H2,1-3H3,(H,23,27)/t19-/m1/s1. The van der Waals surface area contributed by atoms with Crippen LogP contribution in [0.25, 0.3) is 11.0 Å². The number of carbonyl (C=O) groups is 1. The fraction of sp³-hybridized carbons (Fsp3) is 0.455. The summed E-state index contributed by atoms with van der Waals surface area (Å²) in [5.74, 6) is 1.15. The lowest BCUT2D eigenvalue weighted by molar-refractivity contribution is -0.118. The van der Waals surface area contributed by atoms with Crippen LogP contribution < -0.4 is 5.32 Å². The molecule has 2 aromatic heterocycles. The quantitative estimate of drug-likeness (QED) is 0.443. The Morgan fingerprint density at radius 1 is 1.27 bits per heavy atom. The van der Waals surface area contributed by atoms with Gasteiger partial charge in [-0.3, -0.25) is 9.69 Å². The lowest BCUT2D eigenvalue weighted by atomic mass is 10.2. The molecule has 0 aliphatic carbocycles. The van der Waals surface area contributed by atoms with Crippen molar-refractivity contribution in [2.24, 2.45) is 0 Å². The zero-order chi connectivity index (χ0) is 21.3. The van der Waals surface area contributed by atoms with Crippen LogP contribution in [0.5, 0.6) is 0 Å². The molecule has 2 heterocycles. The number of nitrogens with one attached hydrogen (secondary N) is 1. The number of amides is 1. The molecule has 3 aromatic rings. The van der Waals surface area contributed by atoms with Gasteiger partial charge >= 0.3 is 0 Å². The van der Waals surface area contributed by atoms with Crippen LogP contribution in [0, 0.1) is 0 Å². The molecule has 1 N–H and O–H groups in total. The minimum atomic E-state index is -0.0194. The Labute approximate surface area is 181 Å². The average Bonchev–Trinajstić information content (AvgIpc) is 3.41. The third kappa shape index (κ3) is 5.44. The number of thioether (sulfide) groups is 1. The molecule has 0 unspecified atom stereocenters. The summed E-state index contributed by atoms with van der Waals surface area (Å²) < 4.78 is 13.0. The number of likely N-dealkylation sites (N-methyl/N-ethyl adjacent to an activating group) is 1. The fourth-order valence-corrected chi connectivity index (χ4v) is 4.38. The van der Waals surface area contributed by atoms with Crippen LogP contribution in [0.15, 0.2) is 52.2 Å². The van der Waals surface area contributed by atoms with Crippen molar-refractivity contribution in [1.82, 2.24) is 19.8 Å². The number of fused-ring (bicyclic) bond motifs is 1. The number of aromatic nitrogens is 2. The first-order chi connectivity index (χ1) is 14.7. The number of carbonyl (C=O) groups excluding carboxylic acids is 1. The van der Waals surface area contributed by atoms with Crippen LogP contribution in [-0.4, -0.2) is 59.5 Å². The molecule has 0 aliphatic heterocycles. The SMILES string of the molecule is CCN(CC)[C@H](CNC(=O)CSc1nc2ccccc2n1CCOC)c1ccco1. The van der Waals surface area contributed by atoms with Crippen molar-refractivity contribution in [2.45, 2.75) is 31.6 Å². The number of furan rings is 1. The van der Waals surface area contributed by atoms with Crippen molar-refractivity contribution in [1.29, 1.82) is 0 Å². The number of nitrogens with zero attached hydrogens (tertiary/aromatic N) is 3. The van der Waals surface area contributed by atoms with Gasteiger partial charge in [-0.2, -0.15) is 0 Å². The number of benzene rings is 1. The van der Waals surface area contributed by atoms with Gasteiger partial charge in [-0.25, -0.2) is 4.98 Å². The molecule has 0 saturated heterocycles. The van der Waals surface area contributed by atoms with Crippen molar-refractivity contribution in [2.75, 3.05) is 39.1 Å². The highest BCUT2D eigenvalue weighted by molar-refractivity contribution is 7.99. The molecular formula is C22H30N4O3S. The lowest BCUT2D eigenvalue weighted by Crippen LogP contribution is -2.38. The van der Waals surface area contributed by atoms with Gasteiger partial charge in [-0.05, 0) is 37.4 Å². The Kier molecular flexibility index (Phi) is 8.36. The molecule has 0 fully saturated rings. The largest absolute Gasteiger partial charge is 0.468 e. The predicted octanol–water partition coefficient (Wildman–Crippen LogP) is 3.57. The fourth-order valence-electron chi connectivity index (χ4n) is 3.51. The van der Waals surface area contributed by atoms with E-state index in [1.807, 2.05) is 36.4 Å². The van der Waals surface area contributed by atoms with Crippen molar-refractivity contribution in [3.8, 4) is 0 Å². The van der Waals surface area contributed by atoms with E-state index in [4.69, 9.17) is 14.1 Å². The second-order valence-electron chi connectivity index (χ2n) is 6.87. The molecule has 7 nitrogen and oxygen atoms in total. The summed E-state index contributed by atoms with van der Waals surface area (Å²) in [6, 6.07) is 11.9. The summed E-state index contributed by atoms with van der Waals surface area (Å²) in [7, 11) is 1.69. The number of ether oxygens (including phenoxy) is 1. The van der Waals surface area contributed by atoms with Gasteiger partial charge in [0.2, 0.25) is 5.91 Å². The van der Waals surface area contributed by atoms with Gasteiger partial charge in [0.25, 0.3) is 0 Å². The van der Waals surface area contributed by atoms with E-state index in [0.29, 0.717) is 25.4 Å². The van der Waals surface area contributed by atoms with Gasteiger partial charge in [0.15, 0.2) is 5.16 Å². The number of methoxy groups -OCH3 is 1. The molecule has 3 rings (SSSR count). The summed E-state index contributed by atoms with van der Waals surface area (Å²) in [6.07, 6.45) is 1.67. The summed E-state index contributed by atoms with van der Waals surface area (Å²) in [4.78, 5) is 19.6. The highest BCUT2D eigenvalue weighted by Gasteiger charge is 2.21. The van der Waals surface area contributed by atoms with Crippen molar-refractivity contribution in [3.63, 3.8) is 0 Å². The molecule has 30 heavy (non-hydrogen) atoms. The molecule has 162 valence electrons. The normalized spacial score (nSPS) is 12.5. The van der Waals surface area contributed by atoms with Gasteiger partial charge in [0.05, 0.1) is 35.7 Å². The zero-order valence-electron chi connectivity index (χ0n) is 17.8. The van der Waals surface area contributed by atoms with Gasteiger partial charge in [0, 0.05) is 20.2 Å². The molecule has 0 aliphatic rings. The van der Waals surface area contributed by atoms with E-state index in [2.05, 4.69) is 28.6 Å². The summed E-state index contributed by atoms with van der Waals surface area (Å²) in [5, 5.41) is 3.89. The Morgan fingerprint density at radius 3 is 2.77 bits per heavy atom. The van der Waals surface area contributed by atoms with Gasteiger partial charge in [-0.15, -0.1) is 0 Å². The highest BCUT2D eigenvalue weighted by Crippen LogP contribution is 2.24. The smallest absolute Gasteiger partial charge is 0.230 e. The van der Waals surface area contributed by atoms with Crippen molar-refractivity contribution >= 4 is 28.7 Å². The monoisotopic (exact) mass is 430 g/mol. The number of para-hydroxylation sites is 2. The zero-order valence-corrected chi connectivity index (χ0v) is 18.7. The average molecular weight is 431 g/mol.